The Hall–Kier alpha value is -7.37. The predicted octanol–water partition coefficient (Wildman–Crippen LogP) is 7.53. The summed E-state index contributed by atoms with van der Waals surface area (Å²) in [6.45, 7) is 12.2. The fourth-order valence-corrected chi connectivity index (χ4v) is 9.41. The molecule has 0 fully saturated rings. The van der Waals surface area contributed by atoms with Gasteiger partial charge in [0.2, 0.25) is 0 Å². The molecule has 0 amide bonds. The largest absolute Gasteiger partial charge is 0.481 e. The highest BCUT2D eigenvalue weighted by atomic mass is 32.2. The van der Waals surface area contributed by atoms with Crippen LogP contribution in [0.15, 0.2) is 41.6 Å². The Morgan fingerprint density at radius 1 is 0.731 bits per heavy atom. The standard InChI is InChI=1S/C44H48N10O12S/c1-22-29(8-10-41(55)56)35-19-36-30(9-11-42(57)66-15-13-52-28(7)46-21-40(52)54(60)61)23(2)31(47-36)16-33-24(3)43(26(5)65-14-12-51-27(6)45-20-39(51)53(58)59)37(49-33)17-34-25(4)44(67(62,63)64)38(50-34)18-32(22)48-35/h16-21,26,49-50H,8-15H2,1-7H3,(H,55,56)(H,62,63,64). The van der Waals surface area contributed by atoms with Crippen LogP contribution in [0, 0.1) is 47.9 Å². The average molecular weight is 941 g/mol. The van der Waals surface area contributed by atoms with Crippen LogP contribution in [-0.2, 0) is 42.3 Å². The zero-order chi connectivity index (χ0) is 48.6. The highest BCUT2D eigenvalue weighted by Crippen LogP contribution is 2.39. The lowest BCUT2D eigenvalue weighted by molar-refractivity contribution is -0.392. The number of imidazole rings is 2. The van der Waals surface area contributed by atoms with Crippen LogP contribution in [0.4, 0.5) is 11.6 Å². The second-order valence-corrected chi connectivity index (χ2v) is 17.6. The Morgan fingerprint density at radius 3 is 1.78 bits per heavy atom. The van der Waals surface area contributed by atoms with Crippen molar-refractivity contribution in [2.45, 2.75) is 98.2 Å². The number of carboxylic acid groups (broad SMARTS) is 1. The monoisotopic (exact) mass is 940 g/mol. The van der Waals surface area contributed by atoms with Gasteiger partial charge in [0.25, 0.3) is 10.1 Å². The van der Waals surface area contributed by atoms with E-state index in [4.69, 9.17) is 19.4 Å². The minimum atomic E-state index is -4.82. The first-order chi connectivity index (χ1) is 31.6. The number of carbonyl (C=O) groups excluding carboxylic acids is 1. The van der Waals surface area contributed by atoms with Crippen molar-refractivity contribution < 1.29 is 47.0 Å². The number of aromatic nitrogens is 8. The van der Waals surface area contributed by atoms with Gasteiger partial charge in [-0.25, -0.2) is 29.1 Å². The first-order valence-electron chi connectivity index (χ1n) is 21.1. The van der Waals surface area contributed by atoms with Crippen molar-refractivity contribution in [3.63, 3.8) is 0 Å². The number of allylic oxidation sites excluding steroid dienone is 4. The van der Waals surface area contributed by atoms with Gasteiger partial charge in [0.05, 0.1) is 41.0 Å². The number of fused-ring (bicyclic) bond motifs is 8. The fraction of sp³-hybridized carbons (Fsp3) is 0.364. The zero-order valence-corrected chi connectivity index (χ0v) is 38.5. The van der Waals surface area contributed by atoms with E-state index in [1.165, 1.54) is 21.4 Å². The Balaban J connectivity index is 1.36. The highest BCUT2D eigenvalue weighted by Gasteiger charge is 2.27. The first-order valence-corrected chi connectivity index (χ1v) is 22.5. The van der Waals surface area contributed by atoms with Gasteiger partial charge in [-0.05, 0) is 115 Å². The topological polar surface area (TPSA) is 306 Å². The van der Waals surface area contributed by atoms with Gasteiger partial charge < -0.3 is 44.8 Å². The van der Waals surface area contributed by atoms with Crippen LogP contribution in [-0.4, -0.2) is 92.1 Å². The lowest BCUT2D eigenvalue weighted by atomic mass is 9.98. The Labute approximate surface area is 382 Å². The van der Waals surface area contributed by atoms with Crippen LogP contribution < -0.4 is 0 Å². The lowest BCUT2D eigenvalue weighted by Crippen LogP contribution is -2.13. The van der Waals surface area contributed by atoms with Crippen molar-refractivity contribution in [2.75, 3.05) is 13.2 Å². The number of aliphatic carboxylic acids is 1. The molecule has 1 unspecified atom stereocenters. The molecule has 5 aromatic heterocycles. The van der Waals surface area contributed by atoms with E-state index in [-0.39, 0.29) is 79.6 Å². The number of carboxylic acids is 1. The van der Waals surface area contributed by atoms with Gasteiger partial charge in [-0.1, -0.05) is 0 Å². The third kappa shape index (κ3) is 9.78. The van der Waals surface area contributed by atoms with E-state index in [0.717, 1.165) is 17.3 Å². The van der Waals surface area contributed by atoms with E-state index in [2.05, 4.69) is 19.9 Å². The number of nitrogens with one attached hydrogen (secondary N) is 2. The summed E-state index contributed by atoms with van der Waals surface area (Å²) in [5.41, 5.74) is 7.25. The third-order valence-electron chi connectivity index (χ3n) is 12.1. The number of H-pyrrole nitrogens is 2. The normalized spacial score (nSPS) is 13.4. The molecule has 8 bridgehead atoms. The van der Waals surface area contributed by atoms with E-state index >= 15 is 0 Å². The summed E-state index contributed by atoms with van der Waals surface area (Å²) < 4.78 is 51.2. The van der Waals surface area contributed by atoms with E-state index in [1.807, 2.05) is 26.8 Å². The molecule has 0 aromatic carbocycles. The smallest absolute Gasteiger partial charge is 0.342 e. The molecule has 7 rings (SSSR count). The van der Waals surface area contributed by atoms with Crippen molar-refractivity contribution in [2.24, 2.45) is 0 Å². The molecule has 7 heterocycles. The summed E-state index contributed by atoms with van der Waals surface area (Å²) in [6, 6.07) is 6.70. The van der Waals surface area contributed by atoms with Crippen molar-refractivity contribution >= 4 is 78.1 Å². The summed E-state index contributed by atoms with van der Waals surface area (Å²) in [4.78, 5) is 71.2. The Bertz CT molecular complexity index is 3230. The molecule has 67 heavy (non-hydrogen) atoms. The predicted molar refractivity (Wildman–Crippen MR) is 244 cm³/mol. The number of aromatic amines is 2. The fourth-order valence-electron chi connectivity index (χ4n) is 8.53. The minimum absolute atomic E-state index is 0.0197. The second kappa shape index (κ2) is 18.9. The number of ether oxygens (including phenoxy) is 2. The van der Waals surface area contributed by atoms with Crippen LogP contribution in [0.1, 0.15) is 104 Å². The van der Waals surface area contributed by atoms with Crippen molar-refractivity contribution in [1.82, 2.24) is 39.0 Å². The number of aryl methyl sites for hydroxylation is 4. The Kier molecular flexibility index (Phi) is 13.4. The number of nitrogens with zero attached hydrogens (tertiary/aromatic N) is 8. The molecule has 0 saturated carbocycles. The lowest BCUT2D eigenvalue weighted by Gasteiger charge is -2.14. The van der Waals surface area contributed by atoms with E-state index in [9.17, 15) is 47.9 Å². The minimum Gasteiger partial charge on any atom is -0.481 e. The van der Waals surface area contributed by atoms with Crippen molar-refractivity contribution in [3.05, 3.63) is 108 Å². The van der Waals surface area contributed by atoms with E-state index in [0.29, 0.717) is 73.3 Å². The molecule has 352 valence electrons. The zero-order valence-electron chi connectivity index (χ0n) is 37.7. The van der Waals surface area contributed by atoms with Crippen molar-refractivity contribution in [3.8, 4) is 0 Å². The summed E-state index contributed by atoms with van der Waals surface area (Å²) in [7, 11) is -4.82. The molecule has 23 heteroatoms. The summed E-state index contributed by atoms with van der Waals surface area (Å²) in [5.74, 6) is -1.18. The molecule has 5 aromatic rings. The summed E-state index contributed by atoms with van der Waals surface area (Å²) >= 11 is 0. The van der Waals surface area contributed by atoms with Crippen LogP contribution >= 0.6 is 0 Å². The first kappa shape index (κ1) is 47.6. The summed E-state index contributed by atoms with van der Waals surface area (Å²) in [6.07, 6.45) is 1.59. The quantitative estimate of drug-likeness (QED) is 0.0303. The maximum atomic E-state index is 13.2. The summed E-state index contributed by atoms with van der Waals surface area (Å²) in [5, 5.41) is 32.8. The van der Waals surface area contributed by atoms with Gasteiger partial charge in [-0.2, -0.15) is 8.42 Å². The molecule has 2 aliphatic heterocycles. The van der Waals surface area contributed by atoms with Crippen molar-refractivity contribution in [1.29, 1.82) is 0 Å². The molecule has 22 nitrogen and oxygen atoms in total. The molecule has 4 N–H and O–H groups in total. The van der Waals surface area contributed by atoms with Gasteiger partial charge in [-0.3, -0.25) is 14.1 Å². The molecular formula is C44H48N10O12S. The SMILES string of the molecule is CC1=C(CCC(=O)O)c2cc3nc(cc4[nH]c(cc5[nH]c(cc1n2)c(S(=O)(=O)O)c5C)c(C(C)OCCn1c([N+](=O)[O-])cnc1C)c4C)C(C)=C3CCC(=O)OCCn1c([N+](=O)[O-])cnc1C. The number of hydrogen-bond acceptors (Lipinski definition) is 14. The third-order valence-corrected chi connectivity index (χ3v) is 13.1. The van der Waals surface area contributed by atoms with Gasteiger partial charge in [-0.15, -0.1) is 0 Å². The maximum absolute atomic E-state index is 13.2. The van der Waals surface area contributed by atoms with Crippen LogP contribution in [0.3, 0.4) is 0 Å². The van der Waals surface area contributed by atoms with Crippen LogP contribution in [0.5, 0.6) is 0 Å². The second-order valence-electron chi connectivity index (χ2n) is 16.2. The molecule has 0 aliphatic carbocycles. The number of esters is 1. The Morgan fingerprint density at radius 2 is 1.24 bits per heavy atom. The number of carbonyl (C=O) groups is 2. The molecule has 0 spiro atoms. The molecule has 2 aliphatic rings. The molecule has 0 radical (unpaired) electrons. The van der Waals surface area contributed by atoms with Gasteiger partial charge >= 0.3 is 23.6 Å². The van der Waals surface area contributed by atoms with Gasteiger partial charge in [0.1, 0.15) is 37.0 Å². The number of nitro groups is 2. The molecule has 1 atom stereocenters. The number of hydrogen-bond donors (Lipinski definition) is 4. The van der Waals surface area contributed by atoms with Gasteiger partial charge in [0.15, 0.2) is 11.6 Å². The van der Waals surface area contributed by atoms with Crippen LogP contribution in [0.25, 0.3) is 44.4 Å². The number of rotatable bonds is 17. The molecule has 0 saturated heterocycles. The van der Waals surface area contributed by atoms with E-state index in [1.54, 1.807) is 39.8 Å². The van der Waals surface area contributed by atoms with Crippen LogP contribution in [0.2, 0.25) is 0 Å². The molecular weight excluding hydrogens is 893 g/mol. The highest BCUT2D eigenvalue weighted by molar-refractivity contribution is 7.86. The van der Waals surface area contributed by atoms with E-state index < -0.39 is 38.0 Å². The average Bonchev–Trinajstić information content (AvgIpc) is 4.07. The maximum Gasteiger partial charge on any atom is 0.342 e. The van der Waals surface area contributed by atoms with Gasteiger partial charge in [0, 0.05) is 48.8 Å².